The molecule has 0 atom stereocenters. The maximum absolute atomic E-state index is 13.6. The third kappa shape index (κ3) is 7.16. The highest BCUT2D eigenvalue weighted by molar-refractivity contribution is 9.09. The summed E-state index contributed by atoms with van der Waals surface area (Å²) in [6.45, 7) is 0. The molecule has 0 radical (unpaired) electrons. The highest BCUT2D eigenvalue weighted by atomic mass is 79.9. The summed E-state index contributed by atoms with van der Waals surface area (Å²) in [6, 6.07) is 17.1. The van der Waals surface area contributed by atoms with Gasteiger partial charge in [-0.15, -0.1) is 0 Å². The highest BCUT2D eigenvalue weighted by Gasteiger charge is 2.38. The zero-order valence-corrected chi connectivity index (χ0v) is 27.1. The monoisotopic (exact) mass is 769 g/mol. The van der Waals surface area contributed by atoms with Gasteiger partial charge in [0.05, 0.1) is 5.69 Å². The topological polar surface area (TPSA) is 206 Å². The minimum absolute atomic E-state index is 0.0407. The van der Waals surface area contributed by atoms with E-state index in [0.717, 1.165) is 12.1 Å². The molecule has 0 bridgehead atoms. The van der Waals surface area contributed by atoms with Gasteiger partial charge >= 0.3 is 20.2 Å². The van der Waals surface area contributed by atoms with Crippen molar-refractivity contribution >= 4 is 75.2 Å². The Balaban J connectivity index is 1.92. The van der Waals surface area contributed by atoms with Crippen LogP contribution in [0.2, 0.25) is 10.0 Å². The van der Waals surface area contributed by atoms with Crippen molar-refractivity contribution in [3.05, 3.63) is 82.8 Å². The van der Waals surface area contributed by atoms with Crippen molar-refractivity contribution < 1.29 is 52.8 Å². The number of para-hydroxylation sites is 2. The van der Waals surface area contributed by atoms with Crippen molar-refractivity contribution in [1.29, 1.82) is 0 Å². The molecule has 13 nitrogen and oxygen atoms in total. The molecule has 0 heterocycles. The lowest BCUT2D eigenvalue weighted by molar-refractivity contribution is 0.353. The first-order valence-corrected chi connectivity index (χ1v) is 17.7. The van der Waals surface area contributed by atoms with Crippen LogP contribution in [-0.2, 0) is 30.4 Å². The first-order chi connectivity index (χ1) is 20.6. The predicted octanol–water partition coefficient (Wildman–Crippen LogP) is 6.15. The van der Waals surface area contributed by atoms with E-state index in [9.17, 15) is 34.4 Å². The van der Waals surface area contributed by atoms with E-state index in [1.54, 1.807) is 24.3 Å². The largest absolute Gasteiger partial charge is 0.477 e. The van der Waals surface area contributed by atoms with Gasteiger partial charge in [-0.05, 0) is 52.3 Å². The second-order valence-corrected chi connectivity index (χ2v) is 13.7. The van der Waals surface area contributed by atoms with Crippen molar-refractivity contribution in [2.24, 2.45) is 0 Å². The van der Waals surface area contributed by atoms with Crippen molar-refractivity contribution in [3.8, 4) is 34.5 Å². The van der Waals surface area contributed by atoms with Gasteiger partial charge in [0.15, 0.2) is 31.9 Å². The molecule has 0 unspecified atom stereocenters. The number of rotatable bonds is 11. The molecule has 4 N–H and O–H groups in total. The molecule has 44 heavy (non-hydrogen) atoms. The van der Waals surface area contributed by atoms with Crippen molar-refractivity contribution in [3.63, 3.8) is 0 Å². The van der Waals surface area contributed by atoms with Crippen LogP contribution in [0.5, 0.6) is 34.5 Å². The second kappa shape index (κ2) is 13.0. The fourth-order valence-electron chi connectivity index (χ4n) is 3.71. The molecule has 0 saturated heterocycles. The Bertz CT molecular complexity index is 2050. The van der Waals surface area contributed by atoms with Gasteiger partial charge in [-0.1, -0.05) is 59.6 Å². The van der Waals surface area contributed by atoms with Gasteiger partial charge in [-0.25, -0.2) is 0 Å². The van der Waals surface area contributed by atoms with E-state index in [2.05, 4.69) is 15.9 Å². The van der Waals surface area contributed by atoms with E-state index in [-0.39, 0.29) is 17.0 Å². The maximum atomic E-state index is 13.6. The number of alkyl halides is 1. The maximum Gasteiger partial charge on any atom is 0.343 e. The zero-order valence-electron chi connectivity index (χ0n) is 21.5. The molecule has 19 heteroatoms. The summed E-state index contributed by atoms with van der Waals surface area (Å²) in [7, 11) is -15.8. The molecule has 0 aromatic heterocycles. The standard InChI is InChI=1S/C25H18BrCl2NO12S3/c26-13-38-22-21(40-15-9-5-2-6-10-15)19(28)24(20(29)25(22)43(33,34)35)44(36,37)41-16-11-12-17(23(18(16)27)42(30,31)32)39-14-7-3-1-4-8-14/h1-12H,13,29H2,(H,30,31,32)(H,33,34,35). The molecule has 0 fully saturated rings. The number of ether oxygens (including phenoxy) is 3. The molecule has 0 aliphatic carbocycles. The van der Waals surface area contributed by atoms with Crippen LogP contribution in [-0.4, -0.2) is 39.9 Å². The van der Waals surface area contributed by atoms with Crippen LogP contribution in [0.1, 0.15) is 0 Å². The highest BCUT2D eigenvalue weighted by Crippen LogP contribution is 2.51. The molecule has 234 valence electrons. The number of halogens is 3. The van der Waals surface area contributed by atoms with Crippen molar-refractivity contribution in [2.75, 3.05) is 11.2 Å². The Labute approximate surface area is 269 Å². The second-order valence-electron chi connectivity index (χ2n) is 8.32. The summed E-state index contributed by atoms with van der Waals surface area (Å²) in [5.41, 5.74) is 4.41. The first kappa shape index (κ1) is 33.6. The summed E-state index contributed by atoms with van der Waals surface area (Å²) in [6.07, 6.45) is 0. The Morgan fingerprint density at radius 3 is 1.66 bits per heavy atom. The third-order valence-corrected chi connectivity index (χ3v) is 9.78. The third-order valence-electron chi connectivity index (χ3n) is 5.42. The lowest BCUT2D eigenvalue weighted by Crippen LogP contribution is -2.18. The summed E-state index contributed by atoms with van der Waals surface area (Å²) in [4.78, 5) is -3.50. The Morgan fingerprint density at radius 1 is 0.659 bits per heavy atom. The van der Waals surface area contributed by atoms with E-state index in [1.165, 1.54) is 36.4 Å². The van der Waals surface area contributed by atoms with Gasteiger partial charge < -0.3 is 24.1 Å². The predicted molar refractivity (Wildman–Crippen MR) is 162 cm³/mol. The number of anilines is 1. The van der Waals surface area contributed by atoms with Crippen molar-refractivity contribution in [1.82, 2.24) is 0 Å². The Hall–Kier alpha value is -3.29. The molecule has 4 aromatic carbocycles. The summed E-state index contributed by atoms with van der Waals surface area (Å²) >= 11 is 15.5. The zero-order chi connectivity index (χ0) is 32.4. The Morgan fingerprint density at radius 2 is 1.16 bits per heavy atom. The average Bonchev–Trinajstić information content (AvgIpc) is 2.92. The van der Waals surface area contributed by atoms with Gasteiger partial charge in [0.25, 0.3) is 10.1 Å². The van der Waals surface area contributed by atoms with Gasteiger partial charge in [-0.2, -0.15) is 25.3 Å². The molecular formula is C25H18BrCl2NO12S3. The first-order valence-electron chi connectivity index (χ1n) is 11.6. The SMILES string of the molecule is Nc1c(S(=O)(=O)O)c(OCBr)c(Oc2ccccc2)c(Cl)c1S(=O)(=O)Oc1ccc(Oc2ccccc2)c(S(=O)(=O)O)c1Cl. The number of hydrogen-bond donors (Lipinski definition) is 3. The van der Waals surface area contributed by atoms with Crippen LogP contribution < -0.4 is 24.1 Å². The fourth-order valence-corrected chi connectivity index (χ4v) is 7.65. The van der Waals surface area contributed by atoms with Crippen LogP contribution in [0.3, 0.4) is 0 Å². The Kier molecular flexibility index (Phi) is 9.91. The average molecular weight is 771 g/mol. The van der Waals surface area contributed by atoms with E-state index in [1.807, 2.05) is 0 Å². The van der Waals surface area contributed by atoms with Gasteiger partial charge in [0.2, 0.25) is 0 Å². The molecule has 0 aliphatic heterocycles. The normalized spacial score (nSPS) is 12.0. The van der Waals surface area contributed by atoms with Gasteiger partial charge in [-0.3, -0.25) is 9.11 Å². The summed E-state index contributed by atoms with van der Waals surface area (Å²) in [5.74, 6) is -2.62. The van der Waals surface area contributed by atoms with Crippen LogP contribution >= 0.6 is 39.1 Å². The minimum atomic E-state index is -5.34. The number of nitrogen functional groups attached to an aromatic ring is 1. The molecule has 4 rings (SSSR count). The van der Waals surface area contributed by atoms with Crippen LogP contribution in [0.15, 0.2) is 87.5 Å². The number of nitrogens with two attached hydrogens (primary N) is 1. The molecule has 0 spiro atoms. The fraction of sp³-hybridized carbons (Fsp3) is 0.0400. The molecule has 0 amide bonds. The van der Waals surface area contributed by atoms with Crippen LogP contribution in [0.4, 0.5) is 5.69 Å². The lowest BCUT2D eigenvalue weighted by atomic mass is 10.2. The number of hydrogen-bond acceptors (Lipinski definition) is 11. The molecule has 0 saturated carbocycles. The minimum Gasteiger partial charge on any atom is -0.477 e. The van der Waals surface area contributed by atoms with E-state index >= 15 is 0 Å². The quantitative estimate of drug-likeness (QED) is 0.0678. The molecule has 4 aromatic rings. The van der Waals surface area contributed by atoms with E-state index in [0.29, 0.717) is 0 Å². The van der Waals surface area contributed by atoms with Crippen LogP contribution in [0, 0.1) is 0 Å². The lowest BCUT2D eigenvalue weighted by Gasteiger charge is -2.21. The molecular weight excluding hydrogens is 753 g/mol. The van der Waals surface area contributed by atoms with Crippen molar-refractivity contribution in [2.45, 2.75) is 14.7 Å². The van der Waals surface area contributed by atoms with Gasteiger partial charge in [0, 0.05) is 0 Å². The van der Waals surface area contributed by atoms with E-state index < -0.39 is 83.8 Å². The summed E-state index contributed by atoms with van der Waals surface area (Å²) < 4.78 is 118. The molecule has 0 aliphatic rings. The van der Waals surface area contributed by atoms with Crippen LogP contribution in [0.25, 0.3) is 0 Å². The van der Waals surface area contributed by atoms with Gasteiger partial charge in [0.1, 0.15) is 32.8 Å². The van der Waals surface area contributed by atoms with E-state index in [4.69, 9.17) is 47.3 Å². The smallest absolute Gasteiger partial charge is 0.343 e. The summed E-state index contributed by atoms with van der Waals surface area (Å²) in [5, 5.41) is -1.78. The number of benzene rings is 4.